The molecular weight excluding hydrogens is 292 g/mol. The molecule has 0 aliphatic rings. The van der Waals surface area contributed by atoms with Crippen LogP contribution in [0.15, 0.2) is 36.4 Å². The summed E-state index contributed by atoms with van der Waals surface area (Å²) in [6.07, 6.45) is 0.847. The van der Waals surface area contributed by atoms with Crippen LogP contribution in [0.25, 0.3) is 0 Å². The second kappa shape index (κ2) is 7.11. The zero-order valence-corrected chi connectivity index (χ0v) is 13.2. The maximum absolute atomic E-state index is 10.2. The zero-order valence-electron chi connectivity index (χ0n) is 11.7. The number of rotatable bonds is 6. The second-order valence-corrected chi connectivity index (χ2v) is 6.46. The SMILES string of the molecule is CCc1ccc(CC(O)C(C)Oc2cccc(Cl)c2)s1. The van der Waals surface area contributed by atoms with E-state index in [1.807, 2.05) is 19.1 Å². The minimum atomic E-state index is -0.530. The first-order chi connectivity index (χ1) is 9.58. The Morgan fingerprint density at radius 3 is 2.65 bits per heavy atom. The molecule has 1 heterocycles. The minimum Gasteiger partial charge on any atom is -0.488 e. The average molecular weight is 311 g/mol. The number of thiophene rings is 1. The van der Waals surface area contributed by atoms with Crippen LogP contribution < -0.4 is 4.74 Å². The van der Waals surface area contributed by atoms with Gasteiger partial charge in [-0.3, -0.25) is 0 Å². The van der Waals surface area contributed by atoms with Crippen LogP contribution >= 0.6 is 22.9 Å². The predicted molar refractivity (Wildman–Crippen MR) is 84.9 cm³/mol. The first kappa shape index (κ1) is 15.4. The zero-order chi connectivity index (χ0) is 14.5. The molecule has 108 valence electrons. The molecule has 0 saturated heterocycles. The quantitative estimate of drug-likeness (QED) is 0.860. The van der Waals surface area contributed by atoms with Gasteiger partial charge in [0.15, 0.2) is 0 Å². The van der Waals surface area contributed by atoms with Gasteiger partial charge in [0.25, 0.3) is 0 Å². The van der Waals surface area contributed by atoms with E-state index in [-0.39, 0.29) is 6.10 Å². The first-order valence-corrected chi connectivity index (χ1v) is 7.95. The van der Waals surface area contributed by atoms with Crippen LogP contribution in [0.5, 0.6) is 5.75 Å². The fraction of sp³-hybridized carbons (Fsp3) is 0.375. The molecule has 0 fully saturated rings. The molecule has 0 aliphatic carbocycles. The van der Waals surface area contributed by atoms with Crippen LogP contribution in [0.4, 0.5) is 0 Å². The van der Waals surface area contributed by atoms with Gasteiger partial charge in [0.2, 0.25) is 0 Å². The fourth-order valence-corrected chi connectivity index (χ4v) is 3.12. The van der Waals surface area contributed by atoms with Crippen molar-refractivity contribution in [2.75, 3.05) is 0 Å². The van der Waals surface area contributed by atoms with Crippen molar-refractivity contribution >= 4 is 22.9 Å². The van der Waals surface area contributed by atoms with E-state index in [1.54, 1.807) is 23.5 Å². The van der Waals surface area contributed by atoms with E-state index in [9.17, 15) is 5.11 Å². The average Bonchev–Trinajstić information content (AvgIpc) is 2.86. The Kier molecular flexibility index (Phi) is 5.46. The summed E-state index contributed by atoms with van der Waals surface area (Å²) < 4.78 is 5.73. The molecule has 0 amide bonds. The van der Waals surface area contributed by atoms with E-state index >= 15 is 0 Å². The van der Waals surface area contributed by atoms with Crippen molar-refractivity contribution in [3.63, 3.8) is 0 Å². The summed E-state index contributed by atoms with van der Waals surface area (Å²) in [6.45, 7) is 4.01. The van der Waals surface area contributed by atoms with E-state index in [1.165, 1.54) is 9.75 Å². The van der Waals surface area contributed by atoms with E-state index < -0.39 is 6.10 Å². The molecule has 2 atom stereocenters. The third-order valence-corrected chi connectivity index (χ3v) is 4.62. The molecule has 20 heavy (non-hydrogen) atoms. The topological polar surface area (TPSA) is 29.5 Å². The molecular formula is C16H19ClO2S. The van der Waals surface area contributed by atoms with Gasteiger partial charge in [-0.25, -0.2) is 0 Å². The van der Waals surface area contributed by atoms with Crippen LogP contribution in [-0.2, 0) is 12.8 Å². The highest BCUT2D eigenvalue weighted by Gasteiger charge is 2.17. The predicted octanol–water partition coefficient (Wildman–Crippen LogP) is 4.33. The molecule has 2 rings (SSSR count). The van der Waals surface area contributed by atoms with Crippen LogP contribution in [0.3, 0.4) is 0 Å². The highest BCUT2D eigenvalue weighted by molar-refractivity contribution is 7.11. The lowest BCUT2D eigenvalue weighted by Gasteiger charge is -2.20. The largest absolute Gasteiger partial charge is 0.488 e. The summed E-state index contributed by atoms with van der Waals surface area (Å²) in [5, 5.41) is 10.9. The van der Waals surface area contributed by atoms with Crippen LogP contribution in [0.2, 0.25) is 5.02 Å². The Hall–Kier alpha value is -1.03. The molecule has 1 N–H and O–H groups in total. The second-order valence-electron chi connectivity index (χ2n) is 4.77. The number of aliphatic hydroxyl groups is 1. The van der Waals surface area contributed by atoms with Gasteiger partial charge in [-0.15, -0.1) is 11.3 Å². The molecule has 1 aromatic carbocycles. The molecule has 0 spiro atoms. The van der Waals surface area contributed by atoms with Gasteiger partial charge < -0.3 is 9.84 Å². The number of aliphatic hydroxyl groups excluding tert-OH is 1. The summed E-state index contributed by atoms with van der Waals surface area (Å²) >= 11 is 7.67. The van der Waals surface area contributed by atoms with Crippen molar-refractivity contribution in [3.8, 4) is 5.75 Å². The third-order valence-electron chi connectivity index (χ3n) is 3.14. The van der Waals surface area contributed by atoms with Gasteiger partial charge >= 0.3 is 0 Å². The Labute approximate surface area is 129 Å². The molecule has 2 aromatic rings. The minimum absolute atomic E-state index is 0.277. The number of aryl methyl sites for hydroxylation is 1. The summed E-state index contributed by atoms with van der Waals surface area (Å²) in [5.41, 5.74) is 0. The number of hydrogen-bond acceptors (Lipinski definition) is 3. The van der Waals surface area contributed by atoms with Gasteiger partial charge in [0.05, 0.1) is 6.10 Å². The van der Waals surface area contributed by atoms with Crippen LogP contribution in [-0.4, -0.2) is 17.3 Å². The van der Waals surface area contributed by atoms with E-state index in [2.05, 4.69) is 19.1 Å². The van der Waals surface area contributed by atoms with Crippen molar-refractivity contribution in [1.82, 2.24) is 0 Å². The molecule has 0 saturated carbocycles. The maximum atomic E-state index is 10.2. The van der Waals surface area contributed by atoms with Crippen LogP contribution in [0, 0.1) is 0 Å². The van der Waals surface area contributed by atoms with E-state index in [0.717, 1.165) is 6.42 Å². The normalized spacial score (nSPS) is 14.0. The standard InChI is InChI=1S/C16H19ClO2S/c1-3-14-7-8-15(20-14)10-16(18)11(2)19-13-6-4-5-12(17)9-13/h4-9,11,16,18H,3,10H2,1-2H3. The summed E-state index contributed by atoms with van der Waals surface area (Å²) in [6, 6.07) is 11.4. The third kappa shape index (κ3) is 4.23. The van der Waals surface area contributed by atoms with Gasteiger partial charge in [-0.2, -0.15) is 0 Å². The molecule has 0 aliphatic heterocycles. The molecule has 2 nitrogen and oxygen atoms in total. The Bertz CT molecular complexity index is 553. The van der Waals surface area contributed by atoms with Crippen molar-refractivity contribution in [2.45, 2.75) is 38.9 Å². The van der Waals surface area contributed by atoms with Crippen molar-refractivity contribution in [2.24, 2.45) is 0 Å². The van der Waals surface area contributed by atoms with Gasteiger partial charge in [0.1, 0.15) is 11.9 Å². The molecule has 1 aromatic heterocycles. The highest BCUT2D eigenvalue weighted by atomic mass is 35.5. The fourth-order valence-electron chi connectivity index (χ4n) is 1.93. The van der Waals surface area contributed by atoms with Crippen LogP contribution in [0.1, 0.15) is 23.6 Å². The van der Waals surface area contributed by atoms with E-state index in [0.29, 0.717) is 17.2 Å². The molecule has 0 radical (unpaired) electrons. The molecule has 4 heteroatoms. The maximum Gasteiger partial charge on any atom is 0.122 e. The lowest BCUT2D eigenvalue weighted by Crippen LogP contribution is -2.30. The van der Waals surface area contributed by atoms with Crippen molar-refractivity contribution < 1.29 is 9.84 Å². The van der Waals surface area contributed by atoms with Gasteiger partial charge in [-0.05, 0) is 43.7 Å². The van der Waals surface area contributed by atoms with Crippen molar-refractivity contribution in [1.29, 1.82) is 0 Å². The lowest BCUT2D eigenvalue weighted by molar-refractivity contribution is 0.0484. The Morgan fingerprint density at radius 2 is 2.00 bits per heavy atom. The summed E-state index contributed by atoms with van der Waals surface area (Å²) in [7, 11) is 0. The smallest absolute Gasteiger partial charge is 0.122 e. The Morgan fingerprint density at radius 1 is 1.25 bits per heavy atom. The Balaban J connectivity index is 1.93. The number of hydrogen-bond donors (Lipinski definition) is 1. The van der Waals surface area contributed by atoms with Gasteiger partial charge in [0, 0.05) is 21.2 Å². The summed E-state index contributed by atoms with van der Waals surface area (Å²) in [4.78, 5) is 2.53. The lowest BCUT2D eigenvalue weighted by atomic mass is 10.1. The molecule has 2 unspecified atom stereocenters. The molecule has 0 bridgehead atoms. The summed E-state index contributed by atoms with van der Waals surface area (Å²) in [5.74, 6) is 0.685. The number of halogens is 1. The van der Waals surface area contributed by atoms with Crippen molar-refractivity contribution in [3.05, 3.63) is 51.2 Å². The van der Waals surface area contributed by atoms with Gasteiger partial charge in [-0.1, -0.05) is 24.6 Å². The van der Waals surface area contributed by atoms with E-state index in [4.69, 9.17) is 16.3 Å². The highest BCUT2D eigenvalue weighted by Crippen LogP contribution is 2.22. The first-order valence-electron chi connectivity index (χ1n) is 6.76. The monoisotopic (exact) mass is 310 g/mol. The number of ether oxygens (including phenoxy) is 1. The number of benzene rings is 1.